The largest absolute Gasteiger partial charge is 0.268 e. The van der Waals surface area contributed by atoms with E-state index in [1.807, 2.05) is 0 Å². The van der Waals surface area contributed by atoms with Crippen molar-refractivity contribution in [1.82, 2.24) is 8.75 Å². The molecule has 2 amide bonds. The second-order valence-electron chi connectivity index (χ2n) is 4.93. The van der Waals surface area contributed by atoms with Crippen LogP contribution in [0.2, 0.25) is 5.02 Å². The second kappa shape index (κ2) is 5.26. The summed E-state index contributed by atoms with van der Waals surface area (Å²) in [4.78, 5) is 26.2. The van der Waals surface area contributed by atoms with Crippen molar-refractivity contribution in [3.8, 4) is 11.3 Å². The zero-order chi connectivity index (χ0) is 16.0. The Labute approximate surface area is 140 Å². The molecule has 7 heteroatoms. The zero-order valence-electron chi connectivity index (χ0n) is 11.6. The van der Waals surface area contributed by atoms with Crippen molar-refractivity contribution < 1.29 is 9.59 Å². The van der Waals surface area contributed by atoms with Crippen LogP contribution in [0, 0.1) is 0 Å². The van der Waals surface area contributed by atoms with E-state index in [1.165, 1.54) is 0 Å². The molecule has 0 aliphatic carbocycles. The van der Waals surface area contributed by atoms with E-state index >= 15 is 0 Å². The maximum Gasteiger partial charge on any atom is 0.267 e. The Hall–Kier alpha value is -2.57. The first-order valence-electron chi connectivity index (χ1n) is 6.73. The van der Waals surface area contributed by atoms with Gasteiger partial charge in [0.15, 0.2) is 5.82 Å². The van der Waals surface area contributed by atoms with Crippen molar-refractivity contribution in [2.45, 2.75) is 0 Å². The van der Waals surface area contributed by atoms with Gasteiger partial charge in [0.25, 0.3) is 11.8 Å². The van der Waals surface area contributed by atoms with Crippen molar-refractivity contribution in [3.05, 3.63) is 64.7 Å². The lowest BCUT2D eigenvalue weighted by atomic mass is 10.1. The Kier molecular flexibility index (Phi) is 3.21. The Morgan fingerprint density at radius 3 is 2.09 bits per heavy atom. The molecule has 0 bridgehead atoms. The number of amides is 2. The molecule has 1 aliphatic rings. The highest BCUT2D eigenvalue weighted by atomic mass is 35.5. The smallest absolute Gasteiger partial charge is 0.267 e. The Bertz CT molecular complexity index is 902. The van der Waals surface area contributed by atoms with E-state index in [0.29, 0.717) is 21.8 Å². The number of hydrogen-bond donors (Lipinski definition) is 0. The van der Waals surface area contributed by atoms with Gasteiger partial charge in [-0.1, -0.05) is 35.9 Å². The Morgan fingerprint density at radius 2 is 1.48 bits per heavy atom. The minimum Gasteiger partial charge on any atom is -0.268 e. The highest BCUT2D eigenvalue weighted by Crippen LogP contribution is 2.34. The number of fused-ring (bicyclic) bond motifs is 1. The maximum absolute atomic E-state index is 12.6. The third-order valence-electron chi connectivity index (χ3n) is 3.59. The summed E-state index contributed by atoms with van der Waals surface area (Å²) < 4.78 is 8.40. The van der Waals surface area contributed by atoms with E-state index in [9.17, 15) is 9.59 Å². The van der Waals surface area contributed by atoms with Gasteiger partial charge in [-0.15, -0.1) is 0 Å². The van der Waals surface area contributed by atoms with Gasteiger partial charge in [-0.25, -0.2) is 4.90 Å². The number of benzene rings is 2. The van der Waals surface area contributed by atoms with E-state index < -0.39 is 0 Å². The summed E-state index contributed by atoms with van der Waals surface area (Å²) in [5.41, 5.74) is 2.00. The fraction of sp³-hybridized carbons (Fsp3) is 0. The van der Waals surface area contributed by atoms with Gasteiger partial charge < -0.3 is 0 Å². The summed E-state index contributed by atoms with van der Waals surface area (Å²) in [6.45, 7) is 0. The van der Waals surface area contributed by atoms with Crippen LogP contribution in [0.15, 0.2) is 48.5 Å². The zero-order valence-corrected chi connectivity index (χ0v) is 13.1. The van der Waals surface area contributed by atoms with Gasteiger partial charge >= 0.3 is 0 Å². The van der Waals surface area contributed by atoms with Crippen molar-refractivity contribution >= 4 is 41.0 Å². The summed E-state index contributed by atoms with van der Waals surface area (Å²) in [6, 6.07) is 13.7. The van der Waals surface area contributed by atoms with Crippen LogP contribution in [0.4, 0.5) is 5.82 Å². The summed E-state index contributed by atoms with van der Waals surface area (Å²) in [5, 5.41) is 0.596. The molecule has 1 aromatic heterocycles. The van der Waals surface area contributed by atoms with Gasteiger partial charge in [0, 0.05) is 10.6 Å². The van der Waals surface area contributed by atoms with Crippen molar-refractivity contribution in [2.24, 2.45) is 0 Å². The summed E-state index contributed by atoms with van der Waals surface area (Å²) in [5.74, 6) is -0.509. The number of halogens is 1. The molecule has 0 atom stereocenters. The van der Waals surface area contributed by atoms with Gasteiger partial charge in [0.2, 0.25) is 0 Å². The second-order valence-corrected chi connectivity index (χ2v) is 5.90. The van der Waals surface area contributed by atoms with Crippen molar-refractivity contribution in [1.29, 1.82) is 0 Å². The highest BCUT2D eigenvalue weighted by Gasteiger charge is 2.39. The van der Waals surface area contributed by atoms with E-state index in [2.05, 4.69) is 8.75 Å². The molecule has 0 N–H and O–H groups in total. The van der Waals surface area contributed by atoms with Gasteiger partial charge in [-0.05, 0) is 24.3 Å². The predicted molar refractivity (Wildman–Crippen MR) is 87.9 cm³/mol. The summed E-state index contributed by atoms with van der Waals surface area (Å²) >= 11 is 6.85. The molecule has 2 heterocycles. The molecule has 0 unspecified atom stereocenters. The Balaban J connectivity index is 1.82. The topological polar surface area (TPSA) is 63.2 Å². The van der Waals surface area contributed by atoms with E-state index in [-0.39, 0.29) is 17.6 Å². The molecule has 112 valence electrons. The van der Waals surface area contributed by atoms with Crippen LogP contribution in [-0.2, 0) is 0 Å². The molecule has 23 heavy (non-hydrogen) atoms. The molecule has 3 aromatic rings. The number of imide groups is 1. The van der Waals surface area contributed by atoms with Gasteiger partial charge in [-0.3, -0.25) is 9.59 Å². The number of anilines is 1. The monoisotopic (exact) mass is 341 g/mol. The predicted octanol–water partition coefficient (Wildman–Crippen LogP) is 3.66. The third kappa shape index (κ3) is 2.15. The van der Waals surface area contributed by atoms with E-state index in [4.69, 9.17) is 11.6 Å². The van der Waals surface area contributed by atoms with Crippen molar-refractivity contribution in [3.63, 3.8) is 0 Å². The van der Waals surface area contributed by atoms with Crippen molar-refractivity contribution in [2.75, 3.05) is 4.90 Å². The number of nitrogens with zero attached hydrogens (tertiary/aromatic N) is 3. The van der Waals surface area contributed by atoms with E-state index in [0.717, 1.165) is 22.2 Å². The minimum atomic E-state index is -0.381. The average molecular weight is 342 g/mol. The molecule has 5 nitrogen and oxygen atoms in total. The molecule has 1 aliphatic heterocycles. The van der Waals surface area contributed by atoms with Crippen LogP contribution in [0.3, 0.4) is 0 Å². The van der Waals surface area contributed by atoms with Gasteiger partial charge in [0.05, 0.1) is 22.9 Å². The summed E-state index contributed by atoms with van der Waals surface area (Å²) in [6.07, 6.45) is 0. The van der Waals surface area contributed by atoms with Crippen LogP contribution in [0.5, 0.6) is 0 Å². The minimum absolute atomic E-state index is 0.253. The van der Waals surface area contributed by atoms with E-state index in [1.54, 1.807) is 48.5 Å². The molecule has 0 spiro atoms. The number of rotatable bonds is 2. The van der Waals surface area contributed by atoms with Crippen LogP contribution < -0.4 is 4.90 Å². The fourth-order valence-electron chi connectivity index (χ4n) is 2.50. The molecule has 2 aromatic carbocycles. The molecule has 0 fully saturated rings. The van der Waals surface area contributed by atoms with Crippen LogP contribution >= 0.6 is 23.3 Å². The van der Waals surface area contributed by atoms with Crippen LogP contribution in [0.25, 0.3) is 11.3 Å². The molecule has 0 radical (unpaired) electrons. The molecular weight excluding hydrogens is 334 g/mol. The van der Waals surface area contributed by atoms with Gasteiger partial charge in [-0.2, -0.15) is 8.75 Å². The molecule has 0 saturated heterocycles. The Morgan fingerprint density at radius 1 is 0.870 bits per heavy atom. The first-order valence-corrected chi connectivity index (χ1v) is 7.84. The molecular formula is C16H8ClN3O2S. The van der Waals surface area contributed by atoms with Gasteiger partial charge in [0.1, 0.15) is 5.69 Å². The van der Waals surface area contributed by atoms with Crippen LogP contribution in [-0.4, -0.2) is 20.6 Å². The lowest BCUT2D eigenvalue weighted by molar-refractivity contribution is 0.0925. The standard InChI is InChI=1S/C16H8ClN3O2S/c17-10-7-5-9(6-8-10)13-14(19-23-18-13)20-15(21)11-3-1-2-4-12(11)16(20)22/h1-8H. The number of carbonyl (C=O) groups excluding carboxylic acids is 2. The SMILES string of the molecule is O=C1c2ccccc2C(=O)N1c1nsnc1-c1ccc(Cl)cc1. The number of aromatic nitrogens is 2. The first-order chi connectivity index (χ1) is 11.2. The number of hydrogen-bond acceptors (Lipinski definition) is 5. The van der Waals surface area contributed by atoms with Crippen LogP contribution in [0.1, 0.15) is 20.7 Å². The normalized spacial score (nSPS) is 13.5. The molecule has 4 rings (SSSR count). The third-order valence-corrected chi connectivity index (χ3v) is 4.37. The fourth-order valence-corrected chi connectivity index (χ4v) is 3.18. The summed E-state index contributed by atoms with van der Waals surface area (Å²) in [7, 11) is 0. The highest BCUT2D eigenvalue weighted by molar-refractivity contribution is 6.99. The average Bonchev–Trinajstić information content (AvgIpc) is 3.13. The number of carbonyl (C=O) groups is 2. The molecule has 0 saturated carbocycles. The quantitative estimate of drug-likeness (QED) is 0.667. The first kappa shape index (κ1) is 14.0. The lowest BCUT2D eigenvalue weighted by Crippen LogP contribution is -2.30. The lowest BCUT2D eigenvalue weighted by Gasteiger charge is -2.11. The maximum atomic E-state index is 12.6.